The lowest BCUT2D eigenvalue weighted by molar-refractivity contribution is 0.0480. The number of Topliss-reactive ketones (excluding diaryl/α,β-unsaturated/α-hetero) is 1. The van der Waals surface area contributed by atoms with Crippen molar-refractivity contribution in [3.8, 4) is 11.3 Å². The van der Waals surface area contributed by atoms with E-state index >= 15 is 0 Å². The standard InChI is InChI=1S/C22H24N2O4S/c1-14-12-18(15(2)24(14)10-11-27-4)19(25)13-28-22(26)21-20(23-16(3)29-21)17-8-6-5-7-9-17/h5-9,12H,10-11,13H2,1-4H3. The number of esters is 1. The second kappa shape index (κ2) is 9.15. The molecule has 0 atom stereocenters. The first-order valence-electron chi connectivity index (χ1n) is 9.31. The first-order chi connectivity index (χ1) is 13.9. The van der Waals surface area contributed by atoms with Crippen molar-refractivity contribution in [2.75, 3.05) is 20.3 Å². The maximum atomic E-state index is 12.7. The summed E-state index contributed by atoms with van der Waals surface area (Å²) < 4.78 is 12.5. The molecule has 0 aliphatic heterocycles. The smallest absolute Gasteiger partial charge is 0.351 e. The maximum Gasteiger partial charge on any atom is 0.351 e. The fourth-order valence-electron chi connectivity index (χ4n) is 3.24. The molecular formula is C22H24N2O4S. The summed E-state index contributed by atoms with van der Waals surface area (Å²) >= 11 is 1.27. The average molecular weight is 413 g/mol. The average Bonchev–Trinajstić information content (AvgIpc) is 3.25. The number of rotatable bonds is 8. The number of thiazole rings is 1. The molecule has 0 radical (unpaired) electrons. The number of benzene rings is 1. The molecule has 3 rings (SSSR count). The summed E-state index contributed by atoms with van der Waals surface area (Å²) in [5, 5.41) is 0.767. The molecular weight excluding hydrogens is 388 g/mol. The molecule has 0 spiro atoms. The Morgan fingerprint density at radius 1 is 1.14 bits per heavy atom. The van der Waals surface area contributed by atoms with E-state index in [2.05, 4.69) is 4.98 Å². The van der Waals surface area contributed by atoms with Crippen LogP contribution in [0.5, 0.6) is 0 Å². The molecule has 7 heteroatoms. The van der Waals surface area contributed by atoms with E-state index < -0.39 is 5.97 Å². The first-order valence-corrected chi connectivity index (χ1v) is 10.1. The normalized spacial score (nSPS) is 10.9. The summed E-state index contributed by atoms with van der Waals surface area (Å²) in [6.07, 6.45) is 0. The molecule has 3 aromatic rings. The van der Waals surface area contributed by atoms with Crippen molar-refractivity contribution >= 4 is 23.1 Å². The summed E-state index contributed by atoms with van der Waals surface area (Å²) in [4.78, 5) is 30.2. The lowest BCUT2D eigenvalue weighted by atomic mass is 10.1. The zero-order valence-corrected chi connectivity index (χ0v) is 17.8. The van der Waals surface area contributed by atoms with E-state index in [1.54, 1.807) is 7.11 Å². The first kappa shape index (κ1) is 21.0. The predicted molar refractivity (Wildman–Crippen MR) is 113 cm³/mol. The SMILES string of the molecule is COCCn1c(C)cc(C(=O)COC(=O)c2sc(C)nc2-c2ccccc2)c1C. The largest absolute Gasteiger partial charge is 0.453 e. The van der Waals surface area contributed by atoms with Gasteiger partial charge in [0.2, 0.25) is 5.78 Å². The van der Waals surface area contributed by atoms with Crippen LogP contribution in [0, 0.1) is 20.8 Å². The van der Waals surface area contributed by atoms with Crippen molar-refractivity contribution in [2.24, 2.45) is 0 Å². The molecule has 0 bridgehead atoms. The van der Waals surface area contributed by atoms with Crippen LogP contribution in [0.3, 0.4) is 0 Å². The highest BCUT2D eigenvalue weighted by molar-refractivity contribution is 7.14. The Balaban J connectivity index is 1.73. The van der Waals surface area contributed by atoms with Crippen LogP contribution in [0.1, 0.15) is 36.4 Å². The molecule has 0 unspecified atom stereocenters. The quantitative estimate of drug-likeness (QED) is 0.409. The van der Waals surface area contributed by atoms with E-state index in [0.29, 0.717) is 29.3 Å². The molecule has 152 valence electrons. The number of nitrogens with zero attached hydrogens (tertiary/aromatic N) is 2. The molecule has 0 amide bonds. The van der Waals surface area contributed by atoms with Crippen LogP contribution in [0.2, 0.25) is 0 Å². The van der Waals surface area contributed by atoms with Gasteiger partial charge in [0.1, 0.15) is 4.88 Å². The molecule has 0 aliphatic rings. The fourth-order valence-corrected chi connectivity index (χ4v) is 4.08. The molecule has 0 fully saturated rings. The Bertz CT molecular complexity index is 1020. The van der Waals surface area contributed by atoms with Gasteiger partial charge < -0.3 is 14.0 Å². The van der Waals surface area contributed by atoms with Crippen molar-refractivity contribution < 1.29 is 19.1 Å². The van der Waals surface area contributed by atoms with Crippen LogP contribution in [0.15, 0.2) is 36.4 Å². The highest BCUT2D eigenvalue weighted by atomic mass is 32.1. The number of hydrogen-bond donors (Lipinski definition) is 0. The van der Waals surface area contributed by atoms with Crippen molar-refractivity contribution in [1.29, 1.82) is 0 Å². The van der Waals surface area contributed by atoms with Gasteiger partial charge in [0.25, 0.3) is 0 Å². The van der Waals surface area contributed by atoms with Crippen molar-refractivity contribution in [3.05, 3.63) is 63.2 Å². The van der Waals surface area contributed by atoms with Crippen molar-refractivity contribution in [1.82, 2.24) is 9.55 Å². The molecule has 0 aliphatic carbocycles. The summed E-state index contributed by atoms with van der Waals surface area (Å²) in [6, 6.07) is 11.3. The van der Waals surface area contributed by atoms with Gasteiger partial charge in [-0.15, -0.1) is 11.3 Å². The van der Waals surface area contributed by atoms with Gasteiger partial charge in [0.05, 0.1) is 17.3 Å². The van der Waals surface area contributed by atoms with Crippen LogP contribution in [-0.2, 0) is 16.0 Å². The molecule has 0 N–H and O–H groups in total. The Kier molecular flexibility index (Phi) is 6.61. The van der Waals surface area contributed by atoms with E-state index in [1.165, 1.54) is 11.3 Å². The summed E-state index contributed by atoms with van der Waals surface area (Å²) in [5.41, 5.74) is 3.81. The van der Waals surface area contributed by atoms with E-state index in [9.17, 15) is 9.59 Å². The summed E-state index contributed by atoms with van der Waals surface area (Å²) in [7, 11) is 1.64. The van der Waals surface area contributed by atoms with Crippen LogP contribution >= 0.6 is 11.3 Å². The Morgan fingerprint density at radius 2 is 1.86 bits per heavy atom. The Morgan fingerprint density at radius 3 is 2.55 bits per heavy atom. The molecule has 0 saturated heterocycles. The topological polar surface area (TPSA) is 70.4 Å². The lowest BCUT2D eigenvalue weighted by Gasteiger charge is -2.09. The second-order valence-electron chi connectivity index (χ2n) is 6.71. The molecule has 1 aromatic carbocycles. The second-order valence-corrected chi connectivity index (χ2v) is 7.91. The van der Waals surface area contributed by atoms with E-state index in [4.69, 9.17) is 9.47 Å². The minimum Gasteiger partial charge on any atom is -0.453 e. The summed E-state index contributed by atoms with van der Waals surface area (Å²) in [6.45, 7) is 6.59. The summed E-state index contributed by atoms with van der Waals surface area (Å²) in [5.74, 6) is -0.756. The lowest BCUT2D eigenvalue weighted by Crippen LogP contribution is -2.15. The number of aromatic nitrogens is 2. The monoisotopic (exact) mass is 412 g/mol. The van der Waals surface area contributed by atoms with Gasteiger partial charge in [-0.25, -0.2) is 9.78 Å². The van der Waals surface area contributed by atoms with Crippen LogP contribution in [0.25, 0.3) is 11.3 Å². The molecule has 0 saturated carbocycles. The number of ether oxygens (including phenoxy) is 2. The zero-order valence-electron chi connectivity index (χ0n) is 17.0. The van der Waals surface area contributed by atoms with E-state index in [-0.39, 0.29) is 12.4 Å². The van der Waals surface area contributed by atoms with Crippen molar-refractivity contribution in [3.63, 3.8) is 0 Å². The third-order valence-corrected chi connectivity index (χ3v) is 5.64. The fraction of sp³-hybridized carbons (Fsp3) is 0.318. The highest BCUT2D eigenvalue weighted by Crippen LogP contribution is 2.28. The molecule has 2 aromatic heterocycles. The van der Waals surface area contributed by atoms with Gasteiger partial charge in [-0.05, 0) is 26.8 Å². The molecule has 29 heavy (non-hydrogen) atoms. The van der Waals surface area contributed by atoms with E-state index in [0.717, 1.165) is 22.0 Å². The van der Waals surface area contributed by atoms with Crippen LogP contribution < -0.4 is 0 Å². The van der Waals surface area contributed by atoms with Gasteiger partial charge >= 0.3 is 5.97 Å². The number of hydrogen-bond acceptors (Lipinski definition) is 6. The third-order valence-electron chi connectivity index (χ3n) is 4.69. The van der Waals surface area contributed by atoms with Gasteiger partial charge in [0.15, 0.2) is 6.61 Å². The number of methoxy groups -OCH3 is 1. The van der Waals surface area contributed by atoms with Gasteiger partial charge in [-0.2, -0.15) is 0 Å². The third kappa shape index (κ3) is 4.63. The number of aryl methyl sites for hydroxylation is 2. The van der Waals surface area contributed by atoms with Gasteiger partial charge in [0, 0.05) is 36.2 Å². The van der Waals surface area contributed by atoms with E-state index in [1.807, 2.05) is 61.7 Å². The van der Waals surface area contributed by atoms with Gasteiger partial charge in [-0.1, -0.05) is 30.3 Å². The maximum absolute atomic E-state index is 12.7. The minimum absolute atomic E-state index is 0.224. The number of ketones is 1. The number of carbonyl (C=O) groups excluding carboxylic acids is 2. The van der Waals surface area contributed by atoms with Crippen LogP contribution in [-0.4, -0.2) is 41.6 Å². The van der Waals surface area contributed by atoms with Gasteiger partial charge in [-0.3, -0.25) is 4.79 Å². The minimum atomic E-state index is -0.531. The number of carbonyl (C=O) groups is 2. The molecule has 2 heterocycles. The van der Waals surface area contributed by atoms with Crippen molar-refractivity contribution in [2.45, 2.75) is 27.3 Å². The Labute approximate surface area is 174 Å². The zero-order chi connectivity index (χ0) is 21.0. The predicted octanol–water partition coefficient (Wildman–Crippen LogP) is 4.22. The van der Waals surface area contributed by atoms with Crippen LogP contribution in [0.4, 0.5) is 0 Å². The Hall–Kier alpha value is -2.77. The molecule has 6 nitrogen and oxygen atoms in total. The highest BCUT2D eigenvalue weighted by Gasteiger charge is 2.22.